The third kappa shape index (κ3) is 2.44. The number of hydrogen-bond donors (Lipinski definition) is 0. The predicted octanol–water partition coefficient (Wildman–Crippen LogP) is 1.18. The quantitative estimate of drug-likeness (QED) is 0.440. The van der Waals surface area contributed by atoms with Crippen LogP contribution in [0, 0.1) is 5.39 Å². The zero-order valence-electron chi connectivity index (χ0n) is 6.20. The Morgan fingerprint density at radius 3 is 2.60 bits per heavy atom. The first kappa shape index (κ1) is 8.89. The molecule has 0 rings (SSSR count). The van der Waals surface area contributed by atoms with Gasteiger partial charge in [0.15, 0.2) is 0 Å². The van der Waals surface area contributed by atoms with Crippen LogP contribution in [-0.4, -0.2) is 18.6 Å². The second-order valence-electron chi connectivity index (χ2n) is 1.79. The van der Waals surface area contributed by atoms with Gasteiger partial charge in [-0.2, -0.15) is 0 Å². The number of carbonyl (C=O) groups is 1. The molecule has 10 heavy (non-hydrogen) atoms. The Kier molecular flexibility index (Phi) is 4.21. The van der Waals surface area contributed by atoms with Crippen LogP contribution in [-0.2, 0) is 9.53 Å². The second kappa shape index (κ2) is 4.74. The second-order valence-corrected chi connectivity index (χ2v) is 1.79. The van der Waals surface area contributed by atoms with Crippen LogP contribution in [0.4, 0.5) is 0 Å². The van der Waals surface area contributed by atoms with Gasteiger partial charge < -0.3 is 4.74 Å². The molecule has 0 aromatic heterocycles. The summed E-state index contributed by atoms with van der Waals surface area (Å²) in [5.41, 5.74) is 0. The van der Waals surface area contributed by atoms with Gasteiger partial charge in [-0.3, -0.25) is 0 Å². The minimum absolute atomic E-state index is 0.324. The Hall–Kier alpha value is -1.11. The van der Waals surface area contributed by atoms with Gasteiger partial charge >= 0.3 is 12.0 Å². The number of nitrogens with zero attached hydrogens (tertiary/aromatic N) is 2. The number of carbonyl (C=O) groups excluding carboxylic acids is 1. The maximum absolute atomic E-state index is 10.7. The van der Waals surface area contributed by atoms with E-state index in [0.717, 1.165) is 0 Å². The van der Waals surface area contributed by atoms with E-state index >= 15 is 0 Å². The van der Waals surface area contributed by atoms with Gasteiger partial charge in [-0.05, 0) is 6.92 Å². The number of diazo groups is 1. The molecule has 1 atom stereocenters. The molecule has 0 aliphatic rings. The van der Waals surface area contributed by atoms with Gasteiger partial charge in [0.05, 0.1) is 6.61 Å². The molecular formula is C6H11N2O2+. The fourth-order valence-corrected chi connectivity index (χ4v) is 0.534. The fourth-order valence-electron chi connectivity index (χ4n) is 0.534. The monoisotopic (exact) mass is 143 g/mol. The van der Waals surface area contributed by atoms with Crippen LogP contribution in [0.1, 0.15) is 20.3 Å². The Morgan fingerprint density at radius 2 is 2.30 bits per heavy atom. The summed E-state index contributed by atoms with van der Waals surface area (Å²) in [5, 5.41) is 8.25. The van der Waals surface area contributed by atoms with Gasteiger partial charge in [0.2, 0.25) is 5.39 Å². The van der Waals surface area contributed by atoms with Crippen molar-refractivity contribution in [2.24, 2.45) is 0 Å². The van der Waals surface area contributed by atoms with Crippen LogP contribution in [0.25, 0.3) is 4.98 Å². The van der Waals surface area contributed by atoms with Crippen LogP contribution in [0.3, 0.4) is 0 Å². The molecule has 0 saturated heterocycles. The van der Waals surface area contributed by atoms with E-state index in [0.29, 0.717) is 13.0 Å². The van der Waals surface area contributed by atoms with E-state index in [1.54, 1.807) is 13.8 Å². The molecule has 0 aromatic rings. The average molecular weight is 143 g/mol. The number of rotatable bonds is 3. The summed E-state index contributed by atoms with van der Waals surface area (Å²) in [6.07, 6.45) is 0.468. The maximum Gasteiger partial charge on any atom is 0.407 e. The van der Waals surface area contributed by atoms with Gasteiger partial charge in [-0.25, -0.2) is 4.79 Å². The highest BCUT2D eigenvalue weighted by molar-refractivity contribution is 5.77. The van der Waals surface area contributed by atoms with Crippen LogP contribution in [0.15, 0.2) is 0 Å². The zero-order chi connectivity index (χ0) is 7.98. The van der Waals surface area contributed by atoms with Gasteiger partial charge in [0, 0.05) is 6.42 Å². The van der Waals surface area contributed by atoms with E-state index in [2.05, 4.69) is 9.71 Å². The first-order chi connectivity index (χ1) is 4.76. The summed E-state index contributed by atoms with van der Waals surface area (Å²) >= 11 is 0. The Balaban J connectivity index is 3.80. The molecule has 0 aliphatic heterocycles. The Labute approximate surface area is 59.8 Å². The molecule has 0 spiro atoms. The summed E-state index contributed by atoms with van der Waals surface area (Å²) in [5.74, 6) is -0.465. The summed E-state index contributed by atoms with van der Waals surface area (Å²) < 4.78 is 4.59. The van der Waals surface area contributed by atoms with Gasteiger partial charge in [0.25, 0.3) is 0 Å². The lowest BCUT2D eigenvalue weighted by atomic mass is 10.2. The van der Waals surface area contributed by atoms with E-state index in [1.165, 1.54) is 0 Å². The van der Waals surface area contributed by atoms with Crippen LogP contribution >= 0.6 is 0 Å². The highest BCUT2D eigenvalue weighted by Gasteiger charge is 2.28. The first-order valence-corrected chi connectivity index (χ1v) is 3.27. The molecule has 4 nitrogen and oxygen atoms in total. The summed E-state index contributed by atoms with van der Waals surface area (Å²) in [6, 6.07) is -0.708. The Morgan fingerprint density at radius 1 is 1.70 bits per heavy atom. The van der Waals surface area contributed by atoms with Crippen molar-refractivity contribution in [2.75, 3.05) is 6.61 Å². The van der Waals surface area contributed by atoms with Crippen molar-refractivity contribution in [3.63, 3.8) is 0 Å². The van der Waals surface area contributed by atoms with Crippen molar-refractivity contribution in [1.29, 1.82) is 5.39 Å². The number of esters is 1. The highest BCUT2D eigenvalue weighted by atomic mass is 16.5. The number of hydrogen-bond acceptors (Lipinski definition) is 3. The lowest BCUT2D eigenvalue weighted by molar-refractivity contribution is -0.143. The molecule has 56 valence electrons. The minimum Gasteiger partial charge on any atom is -0.460 e. The molecular weight excluding hydrogens is 132 g/mol. The van der Waals surface area contributed by atoms with E-state index in [-0.39, 0.29) is 0 Å². The van der Waals surface area contributed by atoms with Gasteiger partial charge in [-0.1, -0.05) is 6.92 Å². The first-order valence-electron chi connectivity index (χ1n) is 3.27. The van der Waals surface area contributed by atoms with Gasteiger partial charge in [-0.15, -0.1) is 0 Å². The molecule has 0 aromatic carbocycles. The molecule has 0 heterocycles. The standard InChI is InChI=1S/C6H11N2O2/c1-3-5(8-7)6(9)10-4-2/h5H,3-4H2,1-2H3/q+1. The van der Waals surface area contributed by atoms with E-state index in [4.69, 9.17) is 5.39 Å². The molecule has 0 amide bonds. The zero-order valence-corrected chi connectivity index (χ0v) is 6.20. The SMILES string of the molecule is CCOC(=O)C(CC)[N+]#N. The van der Waals surface area contributed by atoms with E-state index in [9.17, 15) is 4.79 Å². The molecule has 1 unspecified atom stereocenters. The topological polar surface area (TPSA) is 54.5 Å². The third-order valence-corrected chi connectivity index (χ3v) is 1.08. The largest absolute Gasteiger partial charge is 0.460 e. The summed E-state index contributed by atoms with van der Waals surface area (Å²) in [6.45, 7) is 3.79. The highest BCUT2D eigenvalue weighted by Crippen LogP contribution is 1.98. The smallest absolute Gasteiger partial charge is 0.407 e. The molecule has 0 aliphatic carbocycles. The van der Waals surface area contributed by atoms with Crippen molar-refractivity contribution >= 4 is 5.97 Å². The molecule has 0 fully saturated rings. The Bertz CT molecular complexity index is 150. The molecule has 0 radical (unpaired) electrons. The lowest BCUT2D eigenvalue weighted by Crippen LogP contribution is -2.18. The summed E-state index contributed by atoms with van der Waals surface area (Å²) in [4.78, 5) is 13.6. The number of ether oxygens (including phenoxy) is 1. The van der Waals surface area contributed by atoms with Crippen molar-refractivity contribution in [3.8, 4) is 0 Å². The molecule has 0 bridgehead atoms. The van der Waals surface area contributed by atoms with Crippen LogP contribution in [0.5, 0.6) is 0 Å². The van der Waals surface area contributed by atoms with Crippen molar-refractivity contribution in [2.45, 2.75) is 26.3 Å². The van der Waals surface area contributed by atoms with Crippen molar-refractivity contribution in [3.05, 3.63) is 4.98 Å². The van der Waals surface area contributed by atoms with Crippen molar-refractivity contribution < 1.29 is 9.53 Å². The lowest BCUT2D eigenvalue weighted by Gasteiger charge is -1.95. The average Bonchev–Trinajstić information content (AvgIpc) is 1.91. The van der Waals surface area contributed by atoms with Crippen molar-refractivity contribution in [1.82, 2.24) is 0 Å². The van der Waals surface area contributed by atoms with Gasteiger partial charge in [0.1, 0.15) is 4.98 Å². The van der Waals surface area contributed by atoms with Crippen LogP contribution < -0.4 is 0 Å². The molecule has 0 saturated carbocycles. The fraction of sp³-hybridized carbons (Fsp3) is 0.833. The van der Waals surface area contributed by atoms with E-state index in [1.807, 2.05) is 0 Å². The minimum atomic E-state index is -0.708. The normalized spacial score (nSPS) is 11.7. The predicted molar refractivity (Wildman–Crippen MR) is 35.8 cm³/mol. The third-order valence-electron chi connectivity index (χ3n) is 1.08. The molecule has 4 heteroatoms. The summed E-state index contributed by atoms with van der Waals surface area (Å²) in [7, 11) is 0. The molecule has 0 N–H and O–H groups in total. The maximum atomic E-state index is 10.7. The van der Waals surface area contributed by atoms with Crippen LogP contribution in [0.2, 0.25) is 0 Å². The van der Waals surface area contributed by atoms with E-state index < -0.39 is 12.0 Å².